The second-order valence-electron chi connectivity index (χ2n) is 7.83. The fraction of sp³-hybridized carbons (Fsp3) is 0.0714. The average molecular weight is 486 g/mol. The highest BCUT2D eigenvalue weighted by atomic mass is 35.5. The van der Waals surface area contributed by atoms with Crippen LogP contribution in [0.3, 0.4) is 0 Å². The van der Waals surface area contributed by atoms with E-state index in [1.807, 2.05) is 66.0 Å². The van der Waals surface area contributed by atoms with Crippen molar-refractivity contribution in [3.63, 3.8) is 0 Å². The van der Waals surface area contributed by atoms with Crippen LogP contribution in [0.1, 0.15) is 5.56 Å². The molecule has 1 N–H and O–H groups in total. The first-order valence-electron chi connectivity index (χ1n) is 10.8. The van der Waals surface area contributed by atoms with Gasteiger partial charge in [0.1, 0.15) is 0 Å². The topological polar surface area (TPSA) is 45.2 Å². The van der Waals surface area contributed by atoms with Gasteiger partial charge in [-0.1, -0.05) is 84.9 Å². The molecule has 0 aliphatic rings. The minimum absolute atomic E-state index is 0. The summed E-state index contributed by atoms with van der Waals surface area (Å²) in [5.74, 6) is -0.0887. The van der Waals surface area contributed by atoms with Crippen LogP contribution in [0.15, 0.2) is 109 Å². The molecule has 0 spiro atoms. The molecule has 5 aromatic rings. The van der Waals surface area contributed by atoms with Crippen molar-refractivity contribution in [3.05, 3.63) is 114 Å². The molecule has 0 unspecified atom stereocenters. The summed E-state index contributed by atoms with van der Waals surface area (Å²) in [6.07, 6.45) is 0. The van der Waals surface area contributed by atoms with E-state index in [0.29, 0.717) is 11.7 Å². The maximum Gasteiger partial charge on any atom is 0.245 e. The van der Waals surface area contributed by atoms with Gasteiger partial charge in [-0.25, -0.2) is 4.98 Å². The van der Waals surface area contributed by atoms with E-state index < -0.39 is 0 Å². The Hall–Kier alpha value is -3.67. The zero-order chi connectivity index (χ0) is 22.5. The summed E-state index contributed by atoms with van der Waals surface area (Å²) in [5.41, 5.74) is 4.07. The van der Waals surface area contributed by atoms with Gasteiger partial charge in [0.2, 0.25) is 5.91 Å². The van der Waals surface area contributed by atoms with Gasteiger partial charge in [-0.15, -0.1) is 23.7 Å². The summed E-state index contributed by atoms with van der Waals surface area (Å²) in [7, 11) is 0. The van der Waals surface area contributed by atoms with E-state index >= 15 is 0 Å². The lowest BCUT2D eigenvalue weighted by Gasteiger charge is -2.24. The van der Waals surface area contributed by atoms with Gasteiger partial charge < -0.3 is 10.2 Å². The second kappa shape index (κ2) is 11.0. The lowest BCUT2D eigenvalue weighted by atomic mass is 10.1. The fourth-order valence-electron chi connectivity index (χ4n) is 3.83. The zero-order valence-electron chi connectivity index (χ0n) is 18.4. The maximum absolute atomic E-state index is 12.9. The molecule has 170 valence electrons. The minimum Gasteiger partial charge on any atom is -0.358 e. The highest BCUT2D eigenvalue weighted by Crippen LogP contribution is 2.28. The fourth-order valence-corrected chi connectivity index (χ4v) is 4.56. The summed E-state index contributed by atoms with van der Waals surface area (Å²) in [6, 6.07) is 34.8. The van der Waals surface area contributed by atoms with Gasteiger partial charge in [0, 0.05) is 23.2 Å². The van der Waals surface area contributed by atoms with Crippen LogP contribution in [-0.4, -0.2) is 17.4 Å². The molecule has 0 bridgehead atoms. The van der Waals surface area contributed by atoms with Gasteiger partial charge in [0.15, 0.2) is 5.13 Å². The van der Waals surface area contributed by atoms with Gasteiger partial charge in [-0.3, -0.25) is 4.79 Å². The van der Waals surface area contributed by atoms with Crippen LogP contribution >= 0.6 is 23.7 Å². The molecule has 0 radical (unpaired) electrons. The molecule has 0 aliphatic carbocycles. The number of fused-ring (bicyclic) bond motifs is 1. The van der Waals surface area contributed by atoms with Gasteiger partial charge in [-0.2, -0.15) is 0 Å². The minimum atomic E-state index is -0.0887. The maximum atomic E-state index is 12.9. The molecule has 34 heavy (non-hydrogen) atoms. The number of thiazole rings is 1. The van der Waals surface area contributed by atoms with Crippen LogP contribution < -0.4 is 10.2 Å². The number of hydrogen-bond acceptors (Lipinski definition) is 4. The Morgan fingerprint density at radius 1 is 0.824 bits per heavy atom. The Bertz CT molecular complexity index is 1370. The first-order valence-corrected chi connectivity index (χ1v) is 11.7. The third-order valence-corrected chi connectivity index (χ3v) is 6.23. The second-order valence-corrected chi connectivity index (χ2v) is 8.68. The van der Waals surface area contributed by atoms with Crippen molar-refractivity contribution >= 4 is 51.2 Å². The molecule has 1 amide bonds. The monoisotopic (exact) mass is 485 g/mol. The van der Waals surface area contributed by atoms with E-state index in [2.05, 4.69) is 57.7 Å². The number of carbonyl (C=O) groups is 1. The number of amides is 1. The van der Waals surface area contributed by atoms with E-state index in [1.165, 1.54) is 22.1 Å². The third kappa shape index (κ3) is 5.63. The highest BCUT2D eigenvalue weighted by Gasteiger charge is 2.14. The molecule has 0 aliphatic heterocycles. The molecule has 0 fully saturated rings. The Kier molecular flexibility index (Phi) is 7.58. The van der Waals surface area contributed by atoms with Gasteiger partial charge in [-0.05, 0) is 34.5 Å². The molecule has 0 saturated heterocycles. The van der Waals surface area contributed by atoms with Gasteiger partial charge >= 0.3 is 0 Å². The number of para-hydroxylation sites is 1. The van der Waals surface area contributed by atoms with Crippen LogP contribution in [0.2, 0.25) is 0 Å². The quantitative estimate of drug-likeness (QED) is 0.269. The smallest absolute Gasteiger partial charge is 0.245 e. The number of carbonyl (C=O) groups excluding carboxylic acids is 1. The van der Waals surface area contributed by atoms with Crippen molar-refractivity contribution in [2.75, 3.05) is 16.8 Å². The van der Waals surface area contributed by atoms with Crippen LogP contribution in [0.25, 0.3) is 22.0 Å². The number of hydrogen-bond donors (Lipinski definition) is 1. The van der Waals surface area contributed by atoms with Crippen LogP contribution in [0.4, 0.5) is 10.8 Å². The van der Waals surface area contributed by atoms with Crippen molar-refractivity contribution in [2.24, 2.45) is 0 Å². The van der Waals surface area contributed by atoms with Crippen molar-refractivity contribution < 1.29 is 4.79 Å². The number of anilines is 2. The van der Waals surface area contributed by atoms with Crippen LogP contribution in [-0.2, 0) is 11.3 Å². The third-order valence-electron chi connectivity index (χ3n) is 5.47. The molecule has 4 nitrogen and oxygen atoms in total. The number of nitrogens with zero attached hydrogens (tertiary/aromatic N) is 2. The number of nitrogens with one attached hydrogen (secondary N) is 1. The normalized spacial score (nSPS) is 10.5. The lowest BCUT2D eigenvalue weighted by Crippen LogP contribution is -2.32. The molecular formula is C28H24ClN3OS. The molecule has 6 heteroatoms. The Morgan fingerprint density at radius 3 is 2.26 bits per heavy atom. The Labute approximate surface area is 209 Å². The van der Waals surface area contributed by atoms with E-state index in [9.17, 15) is 4.79 Å². The van der Waals surface area contributed by atoms with Crippen molar-refractivity contribution in [1.29, 1.82) is 0 Å². The molecular weight excluding hydrogens is 462 g/mol. The summed E-state index contributed by atoms with van der Waals surface area (Å²) in [5, 5.41) is 7.95. The largest absolute Gasteiger partial charge is 0.358 e. The van der Waals surface area contributed by atoms with Crippen LogP contribution in [0.5, 0.6) is 0 Å². The molecule has 1 aromatic heterocycles. The molecule has 0 atom stereocenters. The first-order chi connectivity index (χ1) is 16.2. The van der Waals surface area contributed by atoms with Crippen LogP contribution in [0, 0.1) is 0 Å². The predicted octanol–water partition coefficient (Wildman–Crippen LogP) is 7.03. The number of rotatable bonds is 7. The molecule has 1 heterocycles. The summed E-state index contributed by atoms with van der Waals surface area (Å²) >= 11 is 1.44. The zero-order valence-corrected chi connectivity index (χ0v) is 20.1. The summed E-state index contributed by atoms with van der Waals surface area (Å²) in [4.78, 5) is 19.7. The van der Waals surface area contributed by atoms with Crippen molar-refractivity contribution in [3.8, 4) is 11.3 Å². The number of halogens is 1. The van der Waals surface area contributed by atoms with E-state index in [0.717, 1.165) is 22.5 Å². The van der Waals surface area contributed by atoms with E-state index in [-0.39, 0.29) is 24.9 Å². The summed E-state index contributed by atoms with van der Waals surface area (Å²) < 4.78 is 0. The van der Waals surface area contributed by atoms with E-state index in [4.69, 9.17) is 0 Å². The SMILES string of the molecule is Cl.O=C(CN(Cc1ccccc1)c1ccccc1)Nc1nc(-c2ccc3ccccc3c2)cs1. The Balaban J connectivity index is 0.00000274. The highest BCUT2D eigenvalue weighted by molar-refractivity contribution is 7.14. The van der Waals surface area contributed by atoms with Crippen molar-refractivity contribution in [1.82, 2.24) is 4.98 Å². The molecule has 4 aromatic carbocycles. The average Bonchev–Trinajstić information content (AvgIpc) is 3.33. The first kappa shape index (κ1) is 23.5. The number of aromatic nitrogens is 1. The van der Waals surface area contributed by atoms with Gasteiger partial charge in [0.25, 0.3) is 0 Å². The van der Waals surface area contributed by atoms with Crippen molar-refractivity contribution in [2.45, 2.75) is 6.54 Å². The van der Waals surface area contributed by atoms with Gasteiger partial charge in [0.05, 0.1) is 12.2 Å². The standard InChI is InChI=1S/C28H23N3OS.ClH/c32-27(19-31(25-13-5-2-6-14-25)18-21-9-3-1-4-10-21)30-28-29-26(20-33-28)24-16-15-22-11-7-8-12-23(22)17-24;/h1-17,20H,18-19H2,(H,29,30,32);1H. The van der Waals surface area contributed by atoms with E-state index in [1.54, 1.807) is 0 Å². The molecule has 5 rings (SSSR count). The number of benzene rings is 4. The molecule has 0 saturated carbocycles. The Morgan fingerprint density at radius 2 is 1.50 bits per heavy atom. The lowest BCUT2D eigenvalue weighted by molar-refractivity contribution is -0.115. The summed E-state index contributed by atoms with van der Waals surface area (Å²) in [6.45, 7) is 0.891. The predicted molar refractivity (Wildman–Crippen MR) is 145 cm³/mol.